The van der Waals surface area contributed by atoms with Gasteiger partial charge < -0.3 is 10.4 Å². The molecule has 2 aromatic rings. The SMILES string of the molecule is Cc1ccc(C#N)cc1NC(=O)c1cc(I)ccc1O. The van der Waals surface area contributed by atoms with E-state index in [1.165, 1.54) is 6.07 Å². The molecule has 0 fully saturated rings. The van der Waals surface area contributed by atoms with Crippen molar-refractivity contribution in [1.82, 2.24) is 0 Å². The number of carbonyl (C=O) groups is 1. The van der Waals surface area contributed by atoms with Crippen LogP contribution in [0, 0.1) is 21.8 Å². The van der Waals surface area contributed by atoms with E-state index >= 15 is 0 Å². The zero-order valence-electron chi connectivity index (χ0n) is 10.6. The van der Waals surface area contributed by atoms with Crippen LogP contribution in [0.5, 0.6) is 5.75 Å². The summed E-state index contributed by atoms with van der Waals surface area (Å²) < 4.78 is 0.855. The van der Waals surface area contributed by atoms with Crippen molar-refractivity contribution in [3.63, 3.8) is 0 Å². The second-order valence-corrected chi connectivity index (χ2v) is 5.50. The summed E-state index contributed by atoms with van der Waals surface area (Å²) in [5, 5.41) is 21.3. The number of anilines is 1. The van der Waals surface area contributed by atoms with Crippen molar-refractivity contribution in [3.05, 3.63) is 56.7 Å². The van der Waals surface area contributed by atoms with Gasteiger partial charge in [-0.2, -0.15) is 5.26 Å². The third-order valence-electron chi connectivity index (χ3n) is 2.82. The number of benzene rings is 2. The Morgan fingerprint density at radius 2 is 2.05 bits per heavy atom. The van der Waals surface area contributed by atoms with Crippen LogP contribution < -0.4 is 5.32 Å². The van der Waals surface area contributed by atoms with Crippen LogP contribution in [-0.4, -0.2) is 11.0 Å². The average Bonchev–Trinajstić information content (AvgIpc) is 2.43. The van der Waals surface area contributed by atoms with Crippen LogP contribution in [0.3, 0.4) is 0 Å². The number of aromatic hydroxyl groups is 1. The fraction of sp³-hybridized carbons (Fsp3) is 0.0667. The van der Waals surface area contributed by atoms with Crippen LogP contribution in [0.15, 0.2) is 36.4 Å². The van der Waals surface area contributed by atoms with E-state index in [2.05, 4.69) is 27.9 Å². The number of halogens is 1. The predicted molar refractivity (Wildman–Crippen MR) is 84.7 cm³/mol. The molecular weight excluding hydrogens is 367 g/mol. The number of hydrogen-bond acceptors (Lipinski definition) is 3. The van der Waals surface area contributed by atoms with E-state index < -0.39 is 5.91 Å². The van der Waals surface area contributed by atoms with E-state index in [9.17, 15) is 9.90 Å². The Morgan fingerprint density at radius 3 is 2.75 bits per heavy atom. The zero-order valence-corrected chi connectivity index (χ0v) is 12.8. The number of carbonyl (C=O) groups excluding carboxylic acids is 1. The molecule has 0 atom stereocenters. The smallest absolute Gasteiger partial charge is 0.259 e. The summed E-state index contributed by atoms with van der Waals surface area (Å²) in [5.41, 5.74) is 2.09. The molecule has 0 saturated heterocycles. The number of rotatable bonds is 2. The van der Waals surface area contributed by atoms with E-state index in [0.29, 0.717) is 11.3 Å². The minimum absolute atomic E-state index is 0.0722. The van der Waals surface area contributed by atoms with Gasteiger partial charge in [-0.05, 0) is 65.4 Å². The Morgan fingerprint density at radius 1 is 1.30 bits per heavy atom. The molecule has 0 aromatic heterocycles. The van der Waals surface area contributed by atoms with E-state index in [0.717, 1.165) is 9.13 Å². The van der Waals surface area contributed by atoms with Gasteiger partial charge in [0, 0.05) is 9.26 Å². The molecule has 4 nitrogen and oxygen atoms in total. The van der Waals surface area contributed by atoms with E-state index in [-0.39, 0.29) is 11.3 Å². The van der Waals surface area contributed by atoms with Crippen molar-refractivity contribution in [2.75, 3.05) is 5.32 Å². The number of nitrogens with one attached hydrogen (secondary N) is 1. The lowest BCUT2D eigenvalue weighted by Gasteiger charge is -2.10. The van der Waals surface area contributed by atoms with Gasteiger partial charge in [0.1, 0.15) is 5.75 Å². The van der Waals surface area contributed by atoms with E-state index in [1.54, 1.807) is 30.3 Å². The van der Waals surface area contributed by atoms with Crippen molar-refractivity contribution in [2.24, 2.45) is 0 Å². The van der Waals surface area contributed by atoms with Crippen LogP contribution >= 0.6 is 22.6 Å². The number of hydrogen-bond donors (Lipinski definition) is 2. The molecule has 2 rings (SSSR count). The van der Waals surface area contributed by atoms with Crippen molar-refractivity contribution < 1.29 is 9.90 Å². The van der Waals surface area contributed by atoms with Gasteiger partial charge in [-0.25, -0.2) is 0 Å². The molecule has 1 amide bonds. The van der Waals surface area contributed by atoms with Crippen molar-refractivity contribution in [3.8, 4) is 11.8 Å². The van der Waals surface area contributed by atoms with E-state index in [1.807, 2.05) is 13.0 Å². The molecule has 0 aliphatic rings. The first-order valence-corrected chi connectivity index (χ1v) is 6.90. The summed E-state index contributed by atoms with van der Waals surface area (Å²) in [6.07, 6.45) is 0. The number of aryl methyl sites for hydroxylation is 1. The van der Waals surface area contributed by atoms with Crippen molar-refractivity contribution >= 4 is 34.2 Å². The van der Waals surface area contributed by atoms with Gasteiger partial charge in [-0.3, -0.25) is 4.79 Å². The summed E-state index contributed by atoms with van der Waals surface area (Å²) in [7, 11) is 0. The van der Waals surface area contributed by atoms with Crippen LogP contribution in [0.25, 0.3) is 0 Å². The predicted octanol–water partition coefficient (Wildman–Crippen LogP) is 3.43. The highest BCUT2D eigenvalue weighted by molar-refractivity contribution is 14.1. The number of amides is 1. The Bertz CT molecular complexity index is 720. The summed E-state index contributed by atoms with van der Waals surface area (Å²) in [4.78, 5) is 12.2. The Balaban J connectivity index is 2.33. The van der Waals surface area contributed by atoms with Crippen molar-refractivity contribution in [2.45, 2.75) is 6.92 Å². The minimum Gasteiger partial charge on any atom is -0.507 e. The molecule has 0 heterocycles. The fourth-order valence-electron chi connectivity index (χ4n) is 1.71. The van der Waals surface area contributed by atoms with Crippen molar-refractivity contribution in [1.29, 1.82) is 5.26 Å². The van der Waals surface area contributed by atoms with Gasteiger partial charge in [0.25, 0.3) is 5.91 Å². The topological polar surface area (TPSA) is 73.1 Å². The van der Waals surface area contributed by atoms with Crippen LogP contribution in [0.2, 0.25) is 0 Å². The third kappa shape index (κ3) is 3.08. The van der Waals surface area contributed by atoms with Crippen LogP contribution in [0.1, 0.15) is 21.5 Å². The maximum Gasteiger partial charge on any atom is 0.259 e. The monoisotopic (exact) mass is 378 g/mol. The summed E-state index contributed by atoms with van der Waals surface area (Å²) >= 11 is 2.07. The first kappa shape index (κ1) is 14.3. The first-order valence-electron chi connectivity index (χ1n) is 5.82. The quantitative estimate of drug-likeness (QED) is 0.787. The highest BCUT2D eigenvalue weighted by Crippen LogP contribution is 2.23. The normalized spacial score (nSPS) is 9.85. The Kier molecular flexibility index (Phi) is 4.25. The molecule has 100 valence electrons. The molecule has 0 bridgehead atoms. The first-order chi connectivity index (χ1) is 9.51. The maximum absolute atomic E-state index is 12.2. The second-order valence-electron chi connectivity index (χ2n) is 4.26. The molecule has 20 heavy (non-hydrogen) atoms. The summed E-state index contributed by atoms with van der Waals surface area (Å²) in [5.74, 6) is -0.476. The molecule has 0 saturated carbocycles. The largest absolute Gasteiger partial charge is 0.507 e. The fourth-order valence-corrected chi connectivity index (χ4v) is 2.20. The van der Waals surface area contributed by atoms with Crippen LogP contribution in [-0.2, 0) is 0 Å². The molecule has 5 heteroatoms. The highest BCUT2D eigenvalue weighted by Gasteiger charge is 2.13. The molecule has 2 N–H and O–H groups in total. The molecular formula is C15H11IN2O2. The molecule has 0 radical (unpaired) electrons. The van der Waals surface area contributed by atoms with Gasteiger partial charge in [0.05, 0.1) is 17.2 Å². The zero-order chi connectivity index (χ0) is 14.7. The second kappa shape index (κ2) is 5.92. The molecule has 0 spiro atoms. The lowest BCUT2D eigenvalue weighted by Crippen LogP contribution is -2.13. The minimum atomic E-state index is -0.404. The number of nitriles is 1. The average molecular weight is 378 g/mol. The standard InChI is InChI=1S/C15H11IN2O2/c1-9-2-3-10(8-17)6-13(9)18-15(20)12-7-11(16)4-5-14(12)19/h2-7,19H,1H3,(H,18,20). The van der Waals surface area contributed by atoms with Crippen LogP contribution in [0.4, 0.5) is 5.69 Å². The molecule has 0 unspecified atom stereocenters. The number of phenolic OH excluding ortho intramolecular Hbond substituents is 1. The Labute approximate surface area is 130 Å². The maximum atomic E-state index is 12.2. The van der Waals surface area contributed by atoms with E-state index in [4.69, 9.17) is 5.26 Å². The van der Waals surface area contributed by atoms with Gasteiger partial charge >= 0.3 is 0 Å². The van der Waals surface area contributed by atoms with Gasteiger partial charge in [0.2, 0.25) is 0 Å². The number of nitrogens with zero attached hydrogens (tertiary/aromatic N) is 1. The molecule has 0 aliphatic heterocycles. The Hall–Kier alpha value is -2.07. The highest BCUT2D eigenvalue weighted by atomic mass is 127. The van der Waals surface area contributed by atoms with Gasteiger partial charge in [-0.15, -0.1) is 0 Å². The third-order valence-corrected chi connectivity index (χ3v) is 3.49. The lowest BCUT2D eigenvalue weighted by atomic mass is 10.1. The van der Waals surface area contributed by atoms with Gasteiger partial charge in [0.15, 0.2) is 0 Å². The summed E-state index contributed by atoms with van der Waals surface area (Å²) in [6.45, 7) is 1.84. The van der Waals surface area contributed by atoms with Gasteiger partial charge in [-0.1, -0.05) is 6.07 Å². The molecule has 2 aromatic carbocycles. The summed E-state index contributed by atoms with van der Waals surface area (Å²) in [6, 6.07) is 11.9. The molecule has 0 aliphatic carbocycles. The lowest BCUT2D eigenvalue weighted by molar-refractivity contribution is 0.102. The number of phenols is 1.